The van der Waals surface area contributed by atoms with Crippen molar-refractivity contribution in [3.05, 3.63) is 0 Å². The number of nitrogens with one attached hydrogen (secondary N) is 2. The van der Waals surface area contributed by atoms with Crippen LogP contribution < -0.4 is 10.6 Å². The lowest BCUT2D eigenvalue weighted by Gasteiger charge is -2.31. The molecule has 2 rings (SSSR count). The Morgan fingerprint density at radius 2 is 1.86 bits per heavy atom. The van der Waals surface area contributed by atoms with Gasteiger partial charge in [-0.3, -0.25) is 0 Å². The van der Waals surface area contributed by atoms with Crippen LogP contribution in [-0.4, -0.2) is 30.3 Å². The summed E-state index contributed by atoms with van der Waals surface area (Å²) in [6, 6.07) is 0.876. The lowest BCUT2D eigenvalue weighted by Crippen LogP contribution is -2.50. The average Bonchev–Trinajstić information content (AvgIpc) is 2.94. The minimum absolute atomic E-state index is 0.303. The fraction of sp³-hybridized carbons (Fsp3) is 0.944. The van der Waals surface area contributed by atoms with Crippen LogP contribution in [0.3, 0.4) is 0 Å². The molecule has 2 aliphatic carbocycles. The predicted octanol–water partition coefficient (Wildman–Crippen LogP) is 3.85. The highest BCUT2D eigenvalue weighted by Gasteiger charge is 2.43. The summed E-state index contributed by atoms with van der Waals surface area (Å²) < 4.78 is 5.36. The lowest BCUT2D eigenvalue weighted by atomic mass is 9.93. The van der Waals surface area contributed by atoms with Crippen molar-refractivity contribution in [1.29, 1.82) is 0 Å². The van der Waals surface area contributed by atoms with E-state index in [4.69, 9.17) is 4.74 Å². The SMILES string of the molecule is CC(NC(CNC(=O)OC(C)(C)C)C1CCCC1)C1(C)CC1. The van der Waals surface area contributed by atoms with Crippen molar-refractivity contribution in [3.63, 3.8) is 0 Å². The Balaban J connectivity index is 1.86. The summed E-state index contributed by atoms with van der Waals surface area (Å²) in [5.41, 5.74) is 0.0257. The van der Waals surface area contributed by atoms with E-state index in [0.717, 1.165) is 0 Å². The standard InChI is InChI=1S/C18H34N2O2/c1-13(18(5)10-11-18)20-15(14-8-6-7-9-14)12-19-16(21)22-17(2,3)4/h13-15,20H,6-12H2,1-5H3,(H,19,21). The number of carbonyl (C=O) groups excluding carboxylic acids is 1. The molecule has 2 atom stereocenters. The van der Waals surface area contributed by atoms with Crippen molar-refractivity contribution < 1.29 is 9.53 Å². The summed E-state index contributed by atoms with van der Waals surface area (Å²) in [5.74, 6) is 0.680. The van der Waals surface area contributed by atoms with Crippen LogP contribution in [0.1, 0.15) is 73.1 Å². The zero-order chi connectivity index (χ0) is 16.4. The Kier molecular flexibility index (Phi) is 5.41. The fourth-order valence-corrected chi connectivity index (χ4v) is 3.38. The van der Waals surface area contributed by atoms with Gasteiger partial charge in [-0.2, -0.15) is 0 Å². The van der Waals surface area contributed by atoms with E-state index in [-0.39, 0.29) is 6.09 Å². The second kappa shape index (κ2) is 6.77. The summed E-state index contributed by atoms with van der Waals surface area (Å²) in [6.45, 7) is 11.0. The van der Waals surface area contributed by atoms with Gasteiger partial charge in [-0.25, -0.2) is 4.79 Å². The van der Waals surface area contributed by atoms with E-state index in [9.17, 15) is 4.79 Å². The van der Waals surface area contributed by atoms with Crippen molar-refractivity contribution in [1.82, 2.24) is 10.6 Å². The van der Waals surface area contributed by atoms with Gasteiger partial charge in [0.05, 0.1) is 0 Å². The summed E-state index contributed by atoms with van der Waals surface area (Å²) in [7, 11) is 0. The second-order valence-electron chi connectivity index (χ2n) is 8.58. The molecule has 2 aliphatic rings. The topological polar surface area (TPSA) is 50.4 Å². The molecule has 0 spiro atoms. The maximum absolute atomic E-state index is 11.9. The summed E-state index contributed by atoms with van der Waals surface area (Å²) in [5, 5.41) is 6.78. The molecular formula is C18H34N2O2. The molecule has 0 aromatic rings. The van der Waals surface area contributed by atoms with E-state index in [1.807, 2.05) is 20.8 Å². The lowest BCUT2D eigenvalue weighted by molar-refractivity contribution is 0.0516. The first-order valence-electron chi connectivity index (χ1n) is 8.92. The number of hydrogen-bond donors (Lipinski definition) is 2. The monoisotopic (exact) mass is 310 g/mol. The van der Waals surface area contributed by atoms with Gasteiger partial charge in [0, 0.05) is 18.6 Å². The van der Waals surface area contributed by atoms with Crippen LogP contribution in [0.4, 0.5) is 4.79 Å². The van der Waals surface area contributed by atoms with Crippen molar-refractivity contribution in [2.24, 2.45) is 11.3 Å². The first-order valence-corrected chi connectivity index (χ1v) is 8.92. The van der Waals surface area contributed by atoms with Gasteiger partial charge < -0.3 is 15.4 Å². The van der Waals surface area contributed by atoms with E-state index in [1.165, 1.54) is 38.5 Å². The van der Waals surface area contributed by atoms with Crippen molar-refractivity contribution in [2.45, 2.75) is 90.8 Å². The highest BCUT2D eigenvalue weighted by molar-refractivity contribution is 5.67. The van der Waals surface area contributed by atoms with Crippen LogP contribution in [0.25, 0.3) is 0 Å². The summed E-state index contributed by atoms with van der Waals surface area (Å²) >= 11 is 0. The number of carbonyl (C=O) groups is 1. The maximum atomic E-state index is 11.9. The number of alkyl carbamates (subject to hydrolysis) is 1. The van der Waals surface area contributed by atoms with Crippen molar-refractivity contribution >= 4 is 6.09 Å². The van der Waals surface area contributed by atoms with Gasteiger partial charge in [-0.05, 0) is 64.7 Å². The van der Waals surface area contributed by atoms with Crippen molar-refractivity contribution in [2.75, 3.05) is 6.54 Å². The average molecular weight is 310 g/mol. The molecule has 0 radical (unpaired) electrons. The summed E-state index contributed by atoms with van der Waals surface area (Å²) in [6.07, 6.45) is 7.52. The smallest absolute Gasteiger partial charge is 0.407 e. The highest BCUT2D eigenvalue weighted by atomic mass is 16.6. The van der Waals surface area contributed by atoms with E-state index in [1.54, 1.807) is 0 Å². The van der Waals surface area contributed by atoms with E-state index < -0.39 is 5.60 Å². The van der Waals surface area contributed by atoms with Gasteiger partial charge in [0.1, 0.15) is 5.60 Å². The maximum Gasteiger partial charge on any atom is 0.407 e. The van der Waals surface area contributed by atoms with E-state index in [0.29, 0.717) is 30.0 Å². The molecule has 1 amide bonds. The Hall–Kier alpha value is -0.770. The van der Waals surface area contributed by atoms with Crippen LogP contribution in [0.2, 0.25) is 0 Å². The number of ether oxygens (including phenoxy) is 1. The third-order valence-corrected chi connectivity index (χ3v) is 5.38. The number of hydrogen-bond acceptors (Lipinski definition) is 3. The van der Waals surface area contributed by atoms with Gasteiger partial charge in [0.25, 0.3) is 0 Å². The van der Waals surface area contributed by atoms with Gasteiger partial charge in [0.2, 0.25) is 0 Å². The minimum atomic E-state index is -0.435. The first kappa shape index (κ1) is 17.6. The van der Waals surface area contributed by atoms with E-state index in [2.05, 4.69) is 24.5 Å². The molecule has 2 unspecified atom stereocenters. The highest BCUT2D eigenvalue weighted by Crippen LogP contribution is 2.48. The molecule has 2 saturated carbocycles. The van der Waals surface area contributed by atoms with Gasteiger partial charge >= 0.3 is 6.09 Å². The van der Waals surface area contributed by atoms with E-state index >= 15 is 0 Å². The number of amides is 1. The molecule has 2 N–H and O–H groups in total. The fourth-order valence-electron chi connectivity index (χ4n) is 3.38. The molecule has 128 valence electrons. The third kappa shape index (κ3) is 5.15. The molecule has 0 heterocycles. The van der Waals surface area contributed by atoms with Crippen LogP contribution in [0, 0.1) is 11.3 Å². The zero-order valence-electron chi connectivity index (χ0n) is 15.0. The molecule has 0 saturated heterocycles. The van der Waals surface area contributed by atoms with Gasteiger partial charge in [0.15, 0.2) is 0 Å². The van der Waals surface area contributed by atoms with Crippen LogP contribution in [0.15, 0.2) is 0 Å². The second-order valence-corrected chi connectivity index (χ2v) is 8.58. The minimum Gasteiger partial charge on any atom is -0.444 e. The van der Waals surface area contributed by atoms with Crippen LogP contribution in [-0.2, 0) is 4.74 Å². The quantitative estimate of drug-likeness (QED) is 0.783. The Morgan fingerprint density at radius 1 is 1.27 bits per heavy atom. The Labute approximate surface area is 135 Å². The predicted molar refractivity (Wildman–Crippen MR) is 89.9 cm³/mol. The molecule has 0 aliphatic heterocycles. The first-order chi connectivity index (χ1) is 10.2. The molecule has 0 aromatic carbocycles. The largest absolute Gasteiger partial charge is 0.444 e. The zero-order valence-corrected chi connectivity index (χ0v) is 15.0. The Bertz CT molecular complexity index is 379. The molecule has 4 nitrogen and oxygen atoms in total. The van der Waals surface area contributed by atoms with Crippen LogP contribution in [0.5, 0.6) is 0 Å². The normalized spacial score (nSPS) is 23.9. The van der Waals surface area contributed by atoms with Gasteiger partial charge in [-0.1, -0.05) is 19.8 Å². The van der Waals surface area contributed by atoms with Crippen molar-refractivity contribution in [3.8, 4) is 0 Å². The Morgan fingerprint density at radius 3 is 2.36 bits per heavy atom. The molecule has 22 heavy (non-hydrogen) atoms. The molecule has 4 heteroatoms. The van der Waals surface area contributed by atoms with Gasteiger partial charge in [-0.15, -0.1) is 0 Å². The molecule has 0 bridgehead atoms. The summed E-state index contributed by atoms with van der Waals surface area (Å²) in [4.78, 5) is 11.9. The molecule has 2 fully saturated rings. The van der Waals surface area contributed by atoms with Crippen LogP contribution >= 0.6 is 0 Å². The number of rotatable bonds is 6. The molecule has 0 aromatic heterocycles. The molecular weight excluding hydrogens is 276 g/mol. The third-order valence-electron chi connectivity index (χ3n) is 5.38.